The van der Waals surface area contributed by atoms with Crippen LogP contribution in [0.15, 0.2) is 36.5 Å². The van der Waals surface area contributed by atoms with Gasteiger partial charge in [-0.05, 0) is 30.5 Å². The van der Waals surface area contributed by atoms with Crippen molar-refractivity contribution < 1.29 is 4.74 Å². The number of rotatable bonds is 4. The van der Waals surface area contributed by atoms with E-state index in [0.29, 0.717) is 0 Å². The molecule has 0 amide bonds. The fourth-order valence-corrected chi connectivity index (χ4v) is 3.46. The summed E-state index contributed by atoms with van der Waals surface area (Å²) in [5.74, 6) is 0.945. The van der Waals surface area contributed by atoms with E-state index in [1.807, 2.05) is 35.0 Å². The number of nitrogens with zero attached hydrogens (tertiary/aromatic N) is 3. The fourth-order valence-electron chi connectivity index (χ4n) is 3.33. The summed E-state index contributed by atoms with van der Waals surface area (Å²) in [4.78, 5) is 4.94. The summed E-state index contributed by atoms with van der Waals surface area (Å²) in [6, 6.07) is 9.89. The van der Waals surface area contributed by atoms with Crippen molar-refractivity contribution in [1.82, 2.24) is 14.6 Å². The maximum atomic E-state index is 6.05. The summed E-state index contributed by atoms with van der Waals surface area (Å²) in [7, 11) is 0. The molecule has 1 atom stereocenters. The number of hydrogen-bond acceptors (Lipinski definition) is 4. The van der Waals surface area contributed by atoms with Crippen LogP contribution in [0.4, 0.5) is 5.82 Å². The molecular weight excluding hydrogens is 360 g/mol. The van der Waals surface area contributed by atoms with Gasteiger partial charge in [0.05, 0.1) is 18.0 Å². The third-order valence-electron chi connectivity index (χ3n) is 4.93. The topological polar surface area (TPSA) is 51.5 Å². The molecule has 1 N–H and O–H groups in total. The zero-order chi connectivity index (χ0) is 19.0. The number of nitrogens with one attached hydrogen (secondary N) is 1. The lowest BCUT2D eigenvalue weighted by atomic mass is 9.92. The van der Waals surface area contributed by atoms with E-state index in [-0.39, 0.29) is 11.5 Å². The summed E-state index contributed by atoms with van der Waals surface area (Å²) in [5, 5.41) is 8.85. The van der Waals surface area contributed by atoms with Crippen molar-refractivity contribution in [3.05, 3.63) is 47.2 Å². The fraction of sp³-hybridized carbons (Fsp3) is 0.429. The van der Waals surface area contributed by atoms with Crippen molar-refractivity contribution in [3.8, 4) is 11.1 Å². The highest BCUT2D eigenvalue weighted by molar-refractivity contribution is 6.30. The molecule has 1 aromatic carbocycles. The molecule has 0 bridgehead atoms. The van der Waals surface area contributed by atoms with Crippen LogP contribution < -0.4 is 5.32 Å². The van der Waals surface area contributed by atoms with Crippen LogP contribution in [0.1, 0.15) is 39.3 Å². The van der Waals surface area contributed by atoms with E-state index in [9.17, 15) is 0 Å². The van der Waals surface area contributed by atoms with Crippen LogP contribution in [0.25, 0.3) is 16.8 Å². The molecule has 6 heteroatoms. The maximum absolute atomic E-state index is 6.05. The Morgan fingerprint density at radius 1 is 1.26 bits per heavy atom. The average Bonchev–Trinajstić information content (AvgIpc) is 3.29. The van der Waals surface area contributed by atoms with Gasteiger partial charge in [0.25, 0.3) is 0 Å². The first-order valence-corrected chi connectivity index (χ1v) is 9.80. The van der Waals surface area contributed by atoms with Crippen molar-refractivity contribution in [2.75, 3.05) is 18.5 Å². The van der Waals surface area contributed by atoms with Gasteiger partial charge in [-0.15, -0.1) is 0 Å². The largest absolute Gasteiger partial charge is 0.376 e. The van der Waals surface area contributed by atoms with Gasteiger partial charge in [0.1, 0.15) is 5.82 Å². The van der Waals surface area contributed by atoms with E-state index in [2.05, 4.69) is 37.3 Å². The van der Waals surface area contributed by atoms with Crippen LogP contribution in [0.5, 0.6) is 0 Å². The normalized spacial score (nSPS) is 17.6. The predicted octanol–water partition coefficient (Wildman–Crippen LogP) is 4.94. The van der Waals surface area contributed by atoms with E-state index in [1.54, 1.807) is 0 Å². The Morgan fingerprint density at radius 3 is 2.70 bits per heavy atom. The SMILES string of the molecule is CC(C)(C)c1cc(NCC2CCCO2)n2ncc(-c3ccc(Cl)cc3)c2n1. The third kappa shape index (κ3) is 3.80. The van der Waals surface area contributed by atoms with Crippen LogP contribution >= 0.6 is 11.6 Å². The highest BCUT2D eigenvalue weighted by Gasteiger charge is 2.22. The van der Waals surface area contributed by atoms with Gasteiger partial charge in [0.2, 0.25) is 0 Å². The monoisotopic (exact) mass is 384 g/mol. The minimum absolute atomic E-state index is 0.0659. The minimum atomic E-state index is -0.0659. The first kappa shape index (κ1) is 18.3. The second kappa shape index (κ2) is 7.13. The summed E-state index contributed by atoms with van der Waals surface area (Å²) >= 11 is 6.05. The third-order valence-corrected chi connectivity index (χ3v) is 5.18. The highest BCUT2D eigenvalue weighted by atomic mass is 35.5. The maximum Gasteiger partial charge on any atom is 0.165 e. The lowest BCUT2D eigenvalue weighted by molar-refractivity contribution is 0.120. The van der Waals surface area contributed by atoms with Gasteiger partial charge in [-0.25, -0.2) is 4.98 Å². The van der Waals surface area contributed by atoms with Crippen LogP contribution in [0.3, 0.4) is 0 Å². The van der Waals surface area contributed by atoms with E-state index >= 15 is 0 Å². The molecule has 1 saturated heterocycles. The Bertz CT molecular complexity index is 937. The van der Waals surface area contributed by atoms with E-state index < -0.39 is 0 Å². The Labute approximate surface area is 164 Å². The molecule has 0 aliphatic carbocycles. The standard InChI is InChI=1S/C21H25ClN4O/c1-21(2,3)18-11-19(23-12-16-5-4-10-27-16)26-20(25-18)17(13-24-26)14-6-8-15(22)9-7-14/h6-9,11,13,16,23H,4-5,10,12H2,1-3H3. The van der Waals surface area contributed by atoms with Gasteiger partial charge in [0, 0.05) is 35.2 Å². The van der Waals surface area contributed by atoms with Crippen LogP contribution in [0.2, 0.25) is 5.02 Å². The number of aromatic nitrogens is 3. The average molecular weight is 385 g/mol. The molecule has 4 rings (SSSR count). The zero-order valence-corrected chi connectivity index (χ0v) is 16.8. The van der Waals surface area contributed by atoms with E-state index in [0.717, 1.165) is 59.3 Å². The highest BCUT2D eigenvalue weighted by Crippen LogP contribution is 2.30. The molecule has 1 unspecified atom stereocenters. The van der Waals surface area contributed by atoms with Gasteiger partial charge in [-0.3, -0.25) is 0 Å². The van der Waals surface area contributed by atoms with E-state index in [4.69, 9.17) is 21.3 Å². The molecule has 0 spiro atoms. The Morgan fingerprint density at radius 2 is 2.04 bits per heavy atom. The number of halogens is 1. The number of anilines is 1. The lowest BCUT2D eigenvalue weighted by Crippen LogP contribution is -2.21. The van der Waals surface area contributed by atoms with Crippen molar-refractivity contribution in [1.29, 1.82) is 0 Å². The van der Waals surface area contributed by atoms with Crippen molar-refractivity contribution in [2.24, 2.45) is 0 Å². The zero-order valence-electron chi connectivity index (χ0n) is 16.0. The van der Waals surface area contributed by atoms with Gasteiger partial charge in [-0.1, -0.05) is 44.5 Å². The predicted molar refractivity (Wildman–Crippen MR) is 110 cm³/mol. The number of benzene rings is 1. The molecule has 2 aromatic heterocycles. The molecule has 3 aromatic rings. The van der Waals surface area contributed by atoms with Crippen molar-refractivity contribution in [2.45, 2.75) is 45.1 Å². The van der Waals surface area contributed by atoms with Crippen LogP contribution in [0, 0.1) is 0 Å². The van der Waals surface area contributed by atoms with E-state index in [1.165, 1.54) is 0 Å². The lowest BCUT2D eigenvalue weighted by Gasteiger charge is -2.20. The van der Waals surface area contributed by atoms with Gasteiger partial charge < -0.3 is 10.1 Å². The molecule has 1 fully saturated rings. The molecule has 0 saturated carbocycles. The quantitative estimate of drug-likeness (QED) is 0.692. The molecule has 27 heavy (non-hydrogen) atoms. The first-order valence-electron chi connectivity index (χ1n) is 9.42. The van der Waals surface area contributed by atoms with Gasteiger partial charge in [0.15, 0.2) is 5.65 Å². The molecular formula is C21H25ClN4O. The second-order valence-electron chi connectivity index (χ2n) is 8.09. The van der Waals surface area contributed by atoms with Gasteiger partial charge >= 0.3 is 0 Å². The van der Waals surface area contributed by atoms with Crippen LogP contribution in [-0.4, -0.2) is 33.9 Å². The van der Waals surface area contributed by atoms with Gasteiger partial charge in [-0.2, -0.15) is 9.61 Å². The summed E-state index contributed by atoms with van der Waals surface area (Å²) in [5.41, 5.74) is 3.86. The Kier molecular flexibility index (Phi) is 4.82. The Balaban J connectivity index is 1.77. The molecule has 1 aliphatic rings. The molecule has 1 aliphatic heterocycles. The number of fused-ring (bicyclic) bond motifs is 1. The number of ether oxygens (including phenoxy) is 1. The summed E-state index contributed by atoms with van der Waals surface area (Å²) < 4.78 is 7.63. The molecule has 5 nitrogen and oxygen atoms in total. The molecule has 142 valence electrons. The molecule has 3 heterocycles. The van der Waals surface area contributed by atoms with Crippen molar-refractivity contribution >= 4 is 23.1 Å². The van der Waals surface area contributed by atoms with Crippen LogP contribution in [-0.2, 0) is 10.2 Å². The molecule has 0 radical (unpaired) electrons. The Hall–Kier alpha value is -2.11. The summed E-state index contributed by atoms with van der Waals surface area (Å²) in [6.07, 6.45) is 4.36. The number of hydrogen-bond donors (Lipinski definition) is 1. The second-order valence-corrected chi connectivity index (χ2v) is 8.53. The summed E-state index contributed by atoms with van der Waals surface area (Å²) in [6.45, 7) is 8.16. The first-order chi connectivity index (χ1) is 12.9. The minimum Gasteiger partial charge on any atom is -0.376 e. The smallest absolute Gasteiger partial charge is 0.165 e. The van der Waals surface area contributed by atoms with Crippen molar-refractivity contribution in [3.63, 3.8) is 0 Å².